The van der Waals surface area contributed by atoms with Gasteiger partial charge in [0.1, 0.15) is 0 Å². The zero-order chi connectivity index (χ0) is 8.60. The lowest BCUT2D eigenvalue weighted by molar-refractivity contribution is -0.0420. The Bertz CT molecular complexity index is 384. The average molecular weight is 183 g/mol. The summed E-state index contributed by atoms with van der Waals surface area (Å²) in [6.07, 6.45) is 0. The fraction of sp³-hybridized carbons (Fsp3) is 0.500. The van der Waals surface area contributed by atoms with Crippen molar-refractivity contribution >= 4 is 12.2 Å². The van der Waals surface area contributed by atoms with Gasteiger partial charge in [-0.2, -0.15) is 5.26 Å². The van der Waals surface area contributed by atoms with E-state index in [0.717, 1.165) is 0 Å². The molecule has 1 aliphatic heterocycles. The third-order valence-electron chi connectivity index (χ3n) is 1.76. The minimum Gasteiger partial charge on any atom is -0.412 e. The van der Waals surface area contributed by atoms with Crippen LogP contribution in [0.4, 0.5) is 0 Å². The molecule has 0 radical (unpaired) electrons. The standard InChI is InChI=1S/C6H5N3O2S/c7-1-6(2-10-3-6)4-8-9-5(12)11-4/h2-3H2,(H,9,12). The van der Waals surface area contributed by atoms with E-state index in [-0.39, 0.29) is 4.84 Å². The van der Waals surface area contributed by atoms with Crippen LogP contribution in [0.1, 0.15) is 5.89 Å². The Hall–Kier alpha value is -1.19. The molecule has 1 fully saturated rings. The molecule has 1 aromatic heterocycles. The third-order valence-corrected chi connectivity index (χ3v) is 1.93. The van der Waals surface area contributed by atoms with E-state index in [1.165, 1.54) is 0 Å². The van der Waals surface area contributed by atoms with Crippen LogP contribution in [0.25, 0.3) is 0 Å². The van der Waals surface area contributed by atoms with Crippen LogP contribution in [0.5, 0.6) is 0 Å². The lowest BCUT2D eigenvalue weighted by Gasteiger charge is -2.30. The Kier molecular flexibility index (Phi) is 1.49. The monoisotopic (exact) mass is 183 g/mol. The molecule has 0 aromatic carbocycles. The molecule has 0 aliphatic carbocycles. The SMILES string of the molecule is N#CC1(c2n[nH]c(=S)o2)COC1. The molecule has 12 heavy (non-hydrogen) atoms. The molecule has 0 amide bonds. The van der Waals surface area contributed by atoms with Crippen LogP contribution in [0.3, 0.4) is 0 Å². The van der Waals surface area contributed by atoms with Gasteiger partial charge in [0, 0.05) is 0 Å². The van der Waals surface area contributed by atoms with Crippen LogP contribution in [0.15, 0.2) is 4.42 Å². The predicted octanol–water partition coefficient (Wildman–Crippen LogP) is 0.524. The van der Waals surface area contributed by atoms with Crippen molar-refractivity contribution in [3.63, 3.8) is 0 Å². The third kappa shape index (κ3) is 0.873. The van der Waals surface area contributed by atoms with Crippen molar-refractivity contribution in [2.24, 2.45) is 0 Å². The van der Waals surface area contributed by atoms with Gasteiger partial charge in [-0.3, -0.25) is 0 Å². The molecular formula is C6H5N3O2S. The van der Waals surface area contributed by atoms with Crippen molar-refractivity contribution in [1.82, 2.24) is 10.2 Å². The summed E-state index contributed by atoms with van der Waals surface area (Å²) in [5.41, 5.74) is -0.715. The van der Waals surface area contributed by atoms with E-state index in [2.05, 4.69) is 28.5 Å². The number of hydrogen-bond acceptors (Lipinski definition) is 5. The summed E-state index contributed by atoms with van der Waals surface area (Å²) in [6.45, 7) is 0.652. The normalized spacial score (nSPS) is 19.6. The second kappa shape index (κ2) is 2.40. The highest BCUT2D eigenvalue weighted by Crippen LogP contribution is 2.29. The summed E-state index contributed by atoms with van der Waals surface area (Å²) in [5.74, 6) is 0.321. The number of H-pyrrole nitrogens is 1. The van der Waals surface area contributed by atoms with Crippen molar-refractivity contribution in [3.05, 3.63) is 10.7 Å². The maximum Gasteiger partial charge on any atom is 0.284 e. The van der Waals surface area contributed by atoms with Crippen LogP contribution in [-0.2, 0) is 10.2 Å². The van der Waals surface area contributed by atoms with Gasteiger partial charge in [0.2, 0.25) is 5.89 Å². The van der Waals surface area contributed by atoms with Gasteiger partial charge in [-0.05, 0) is 12.2 Å². The lowest BCUT2D eigenvalue weighted by atomic mass is 9.88. The first-order valence-electron chi connectivity index (χ1n) is 3.32. The van der Waals surface area contributed by atoms with Crippen LogP contribution in [0, 0.1) is 16.2 Å². The van der Waals surface area contributed by atoms with Gasteiger partial charge in [0.25, 0.3) is 4.84 Å². The molecule has 2 rings (SSSR count). The fourth-order valence-corrected chi connectivity index (χ4v) is 1.10. The zero-order valence-electron chi connectivity index (χ0n) is 6.03. The van der Waals surface area contributed by atoms with Crippen LogP contribution in [-0.4, -0.2) is 23.4 Å². The Morgan fingerprint density at radius 1 is 1.67 bits per heavy atom. The topological polar surface area (TPSA) is 74.8 Å². The van der Waals surface area contributed by atoms with Crippen molar-refractivity contribution in [2.75, 3.05) is 13.2 Å². The van der Waals surface area contributed by atoms with E-state index in [9.17, 15) is 0 Å². The van der Waals surface area contributed by atoms with Gasteiger partial charge >= 0.3 is 0 Å². The van der Waals surface area contributed by atoms with Crippen molar-refractivity contribution in [1.29, 1.82) is 5.26 Å². The number of rotatable bonds is 1. The van der Waals surface area contributed by atoms with Crippen molar-refractivity contribution in [3.8, 4) is 6.07 Å². The number of ether oxygens (including phenoxy) is 1. The minimum absolute atomic E-state index is 0.187. The van der Waals surface area contributed by atoms with E-state index in [4.69, 9.17) is 14.4 Å². The molecule has 2 heterocycles. The molecule has 0 spiro atoms. The van der Waals surface area contributed by atoms with E-state index in [1.807, 2.05) is 0 Å². The summed E-state index contributed by atoms with van der Waals surface area (Å²) >= 11 is 4.69. The lowest BCUT2D eigenvalue weighted by Crippen LogP contribution is -2.45. The van der Waals surface area contributed by atoms with Gasteiger partial charge in [-0.15, -0.1) is 5.10 Å². The molecule has 0 unspecified atom stereocenters. The van der Waals surface area contributed by atoms with Gasteiger partial charge in [0.05, 0.1) is 19.3 Å². The fourth-order valence-electron chi connectivity index (χ4n) is 0.977. The summed E-state index contributed by atoms with van der Waals surface area (Å²) in [4.78, 5) is 0.187. The van der Waals surface area contributed by atoms with Crippen LogP contribution >= 0.6 is 12.2 Å². The first-order valence-corrected chi connectivity index (χ1v) is 3.73. The molecule has 1 N–H and O–H groups in total. The first-order chi connectivity index (χ1) is 5.77. The zero-order valence-corrected chi connectivity index (χ0v) is 6.85. The molecule has 0 atom stereocenters. The molecule has 1 aliphatic rings. The number of nitrogens with one attached hydrogen (secondary N) is 1. The Labute approximate surface area is 73.0 Å². The summed E-state index contributed by atoms with van der Waals surface area (Å²) < 4.78 is 9.95. The molecule has 1 aromatic rings. The van der Waals surface area contributed by atoms with E-state index in [0.29, 0.717) is 19.1 Å². The quantitative estimate of drug-likeness (QED) is 0.642. The predicted molar refractivity (Wildman–Crippen MR) is 39.8 cm³/mol. The molecular weight excluding hydrogens is 178 g/mol. The smallest absolute Gasteiger partial charge is 0.284 e. The van der Waals surface area contributed by atoms with Crippen molar-refractivity contribution in [2.45, 2.75) is 5.41 Å². The second-order valence-electron chi connectivity index (χ2n) is 2.60. The molecule has 6 heteroatoms. The molecule has 1 saturated heterocycles. The number of aromatic nitrogens is 2. The van der Waals surface area contributed by atoms with Crippen molar-refractivity contribution < 1.29 is 9.15 Å². The van der Waals surface area contributed by atoms with E-state index < -0.39 is 5.41 Å². The molecule has 0 bridgehead atoms. The van der Waals surface area contributed by atoms with Gasteiger partial charge in [-0.1, -0.05) is 0 Å². The Morgan fingerprint density at radius 3 is 2.75 bits per heavy atom. The highest BCUT2D eigenvalue weighted by atomic mass is 32.1. The number of hydrogen-bond donors (Lipinski definition) is 1. The Balaban J connectivity index is 2.42. The van der Waals surface area contributed by atoms with Crippen LogP contribution in [0.2, 0.25) is 0 Å². The van der Waals surface area contributed by atoms with E-state index in [1.54, 1.807) is 0 Å². The maximum absolute atomic E-state index is 8.82. The summed E-state index contributed by atoms with van der Waals surface area (Å²) in [6, 6.07) is 2.10. The highest BCUT2D eigenvalue weighted by molar-refractivity contribution is 7.71. The highest BCUT2D eigenvalue weighted by Gasteiger charge is 2.45. The van der Waals surface area contributed by atoms with E-state index >= 15 is 0 Å². The molecule has 62 valence electrons. The number of nitriles is 1. The summed E-state index contributed by atoms with van der Waals surface area (Å²) in [5, 5.41) is 15.1. The molecule has 0 saturated carbocycles. The van der Waals surface area contributed by atoms with Gasteiger partial charge in [-0.25, -0.2) is 5.10 Å². The summed E-state index contributed by atoms with van der Waals surface area (Å²) in [7, 11) is 0. The Morgan fingerprint density at radius 2 is 2.42 bits per heavy atom. The first kappa shape index (κ1) is 7.46. The second-order valence-corrected chi connectivity index (χ2v) is 2.98. The average Bonchev–Trinajstić information content (AvgIpc) is 2.35. The van der Waals surface area contributed by atoms with Gasteiger partial charge in [0.15, 0.2) is 5.41 Å². The van der Waals surface area contributed by atoms with Crippen LogP contribution < -0.4 is 0 Å². The largest absolute Gasteiger partial charge is 0.412 e. The number of aromatic amines is 1. The maximum atomic E-state index is 8.82. The number of nitrogens with zero attached hydrogens (tertiary/aromatic N) is 2. The molecule has 5 nitrogen and oxygen atoms in total. The van der Waals surface area contributed by atoms with Gasteiger partial charge < -0.3 is 9.15 Å². The minimum atomic E-state index is -0.715.